The molecule has 5 heteroatoms. The van der Waals surface area contributed by atoms with Crippen molar-refractivity contribution in [2.45, 2.75) is 57.6 Å². The van der Waals surface area contributed by atoms with Crippen molar-refractivity contribution in [2.75, 3.05) is 19.6 Å². The van der Waals surface area contributed by atoms with Gasteiger partial charge >= 0.3 is 0 Å². The molecule has 3 unspecified atom stereocenters. The van der Waals surface area contributed by atoms with E-state index in [1.54, 1.807) is 4.90 Å². The van der Waals surface area contributed by atoms with Gasteiger partial charge in [0.2, 0.25) is 0 Å². The van der Waals surface area contributed by atoms with E-state index in [0.29, 0.717) is 31.1 Å². The number of hydrogen-bond donors (Lipinski definition) is 2. The molecule has 160 valence electrons. The fourth-order valence-electron chi connectivity index (χ4n) is 4.72. The number of likely N-dealkylation sites (tertiary alicyclic amines) is 1. The number of carbonyl (C=O) groups is 1. The molecule has 0 spiro atoms. The Labute approximate surface area is 179 Å². The highest BCUT2D eigenvalue weighted by Gasteiger charge is 2.30. The third-order valence-electron chi connectivity index (χ3n) is 6.39. The average Bonchev–Trinajstić information content (AvgIpc) is 3.21. The van der Waals surface area contributed by atoms with Crippen molar-refractivity contribution in [2.24, 2.45) is 0 Å². The number of nitrogens with one attached hydrogen (secondary N) is 1. The smallest absolute Gasteiger partial charge is 0.254 e. The standard InChI is InChI=1S/C25H32N2O3/c1-3-18(26-4-2)10-12-20-21-7-5-6-8-23(21)30-24-15-17(9-11-22(20)24)25(29)27-14-13-19(28)16-27/h5-9,11,15,18-20,26,28H,3-4,10,12-14,16H2,1-2H3. The minimum Gasteiger partial charge on any atom is -0.457 e. The van der Waals surface area contributed by atoms with Crippen LogP contribution < -0.4 is 10.1 Å². The van der Waals surface area contributed by atoms with Crippen molar-refractivity contribution in [1.82, 2.24) is 10.2 Å². The van der Waals surface area contributed by atoms with E-state index < -0.39 is 6.10 Å². The number of benzene rings is 2. The number of aliphatic hydroxyl groups is 1. The number of ether oxygens (including phenoxy) is 1. The summed E-state index contributed by atoms with van der Waals surface area (Å²) >= 11 is 0. The second kappa shape index (κ2) is 9.19. The van der Waals surface area contributed by atoms with Crippen molar-refractivity contribution in [1.29, 1.82) is 0 Å². The monoisotopic (exact) mass is 408 g/mol. The van der Waals surface area contributed by atoms with Gasteiger partial charge in [0.05, 0.1) is 6.10 Å². The van der Waals surface area contributed by atoms with Crippen LogP contribution in [0.4, 0.5) is 0 Å². The Morgan fingerprint density at radius 2 is 2.00 bits per heavy atom. The maximum Gasteiger partial charge on any atom is 0.254 e. The van der Waals surface area contributed by atoms with E-state index in [1.165, 1.54) is 5.56 Å². The van der Waals surface area contributed by atoms with E-state index in [2.05, 4.69) is 37.4 Å². The number of fused-ring (bicyclic) bond motifs is 2. The molecule has 5 nitrogen and oxygen atoms in total. The Balaban J connectivity index is 1.60. The minimum atomic E-state index is -0.415. The van der Waals surface area contributed by atoms with Crippen LogP contribution in [0, 0.1) is 0 Å². The predicted octanol–water partition coefficient (Wildman–Crippen LogP) is 4.30. The van der Waals surface area contributed by atoms with Crippen LogP contribution in [0.25, 0.3) is 0 Å². The van der Waals surface area contributed by atoms with Crippen LogP contribution in [0.1, 0.15) is 66.9 Å². The van der Waals surface area contributed by atoms with E-state index in [9.17, 15) is 9.90 Å². The summed E-state index contributed by atoms with van der Waals surface area (Å²) in [7, 11) is 0. The molecule has 2 aliphatic rings. The molecule has 0 aromatic heterocycles. The van der Waals surface area contributed by atoms with Gasteiger partial charge in [0, 0.05) is 41.7 Å². The molecule has 1 saturated heterocycles. The summed E-state index contributed by atoms with van der Waals surface area (Å²) in [6.07, 6.45) is 3.47. The number of β-amino-alcohol motifs (C(OH)–C–C–N with tert-alkyl or cyclic N) is 1. The van der Waals surface area contributed by atoms with E-state index in [1.807, 2.05) is 24.3 Å². The molecule has 30 heavy (non-hydrogen) atoms. The lowest BCUT2D eigenvalue weighted by Crippen LogP contribution is -2.30. The number of para-hydroxylation sites is 1. The van der Waals surface area contributed by atoms with Gasteiger partial charge in [-0.25, -0.2) is 0 Å². The largest absolute Gasteiger partial charge is 0.457 e. The minimum absolute atomic E-state index is 0.0356. The van der Waals surface area contributed by atoms with Crippen molar-refractivity contribution in [3.63, 3.8) is 0 Å². The molecule has 0 saturated carbocycles. The van der Waals surface area contributed by atoms with Crippen LogP contribution in [0.2, 0.25) is 0 Å². The van der Waals surface area contributed by atoms with Crippen molar-refractivity contribution >= 4 is 5.91 Å². The van der Waals surface area contributed by atoms with Gasteiger partial charge in [-0.2, -0.15) is 0 Å². The maximum absolute atomic E-state index is 12.9. The van der Waals surface area contributed by atoms with Gasteiger partial charge < -0.3 is 20.1 Å². The van der Waals surface area contributed by atoms with Gasteiger partial charge in [-0.15, -0.1) is 0 Å². The quantitative estimate of drug-likeness (QED) is 0.717. The number of carbonyl (C=O) groups excluding carboxylic acids is 1. The third-order valence-corrected chi connectivity index (χ3v) is 6.39. The summed E-state index contributed by atoms with van der Waals surface area (Å²) in [4.78, 5) is 14.6. The predicted molar refractivity (Wildman–Crippen MR) is 118 cm³/mol. The number of amides is 1. The zero-order chi connectivity index (χ0) is 21.1. The molecule has 0 aliphatic carbocycles. The van der Waals surface area contributed by atoms with Crippen molar-refractivity contribution in [3.05, 3.63) is 59.2 Å². The lowest BCUT2D eigenvalue weighted by Gasteiger charge is -2.30. The second-order valence-corrected chi connectivity index (χ2v) is 8.38. The normalized spacial score (nSPS) is 21.0. The molecule has 2 aromatic carbocycles. The van der Waals surface area contributed by atoms with Crippen LogP contribution in [0.3, 0.4) is 0 Å². The summed E-state index contributed by atoms with van der Waals surface area (Å²) in [6, 6.07) is 14.6. The summed E-state index contributed by atoms with van der Waals surface area (Å²) in [5.74, 6) is 1.88. The first-order chi connectivity index (χ1) is 14.6. The molecule has 4 rings (SSSR count). The van der Waals surface area contributed by atoms with Crippen molar-refractivity contribution in [3.8, 4) is 11.5 Å². The molecule has 2 N–H and O–H groups in total. The van der Waals surface area contributed by atoms with Gasteiger partial charge in [0.25, 0.3) is 5.91 Å². The Kier molecular flexibility index (Phi) is 6.40. The number of nitrogens with zero attached hydrogens (tertiary/aromatic N) is 1. The fourth-order valence-corrected chi connectivity index (χ4v) is 4.72. The Morgan fingerprint density at radius 3 is 2.73 bits per heavy atom. The van der Waals surface area contributed by atoms with Crippen LogP contribution in [0.5, 0.6) is 11.5 Å². The highest BCUT2D eigenvalue weighted by molar-refractivity contribution is 5.95. The number of hydrogen-bond acceptors (Lipinski definition) is 4. The van der Waals surface area contributed by atoms with E-state index in [0.717, 1.165) is 42.9 Å². The van der Waals surface area contributed by atoms with Gasteiger partial charge in [0.1, 0.15) is 11.5 Å². The summed E-state index contributed by atoms with van der Waals surface area (Å²) in [6.45, 7) is 6.37. The molecule has 0 radical (unpaired) electrons. The lowest BCUT2D eigenvalue weighted by atomic mass is 9.83. The van der Waals surface area contributed by atoms with Crippen LogP contribution in [-0.2, 0) is 0 Å². The number of rotatable bonds is 7. The molecule has 3 atom stereocenters. The molecule has 0 bridgehead atoms. The van der Waals surface area contributed by atoms with Gasteiger partial charge in [0.15, 0.2) is 0 Å². The first-order valence-electron chi connectivity index (χ1n) is 11.2. The molecule has 1 fully saturated rings. The second-order valence-electron chi connectivity index (χ2n) is 8.38. The summed E-state index contributed by atoms with van der Waals surface area (Å²) in [5.41, 5.74) is 3.00. The van der Waals surface area contributed by atoms with Crippen LogP contribution in [0.15, 0.2) is 42.5 Å². The van der Waals surface area contributed by atoms with Gasteiger partial charge in [-0.05, 0) is 50.4 Å². The topological polar surface area (TPSA) is 61.8 Å². The molecule has 2 heterocycles. The first kappa shape index (κ1) is 20.9. The maximum atomic E-state index is 12.9. The Morgan fingerprint density at radius 1 is 1.20 bits per heavy atom. The Bertz CT molecular complexity index is 898. The van der Waals surface area contributed by atoms with E-state index in [4.69, 9.17) is 4.74 Å². The SMILES string of the molecule is CCNC(CC)CCC1c2ccccc2Oc2cc(C(=O)N3CCC(O)C3)ccc21. The number of aliphatic hydroxyl groups excluding tert-OH is 1. The lowest BCUT2D eigenvalue weighted by molar-refractivity contribution is 0.0764. The van der Waals surface area contributed by atoms with Crippen molar-refractivity contribution < 1.29 is 14.6 Å². The van der Waals surface area contributed by atoms with Gasteiger partial charge in [-0.3, -0.25) is 4.79 Å². The van der Waals surface area contributed by atoms with E-state index in [-0.39, 0.29) is 11.8 Å². The highest BCUT2D eigenvalue weighted by Crippen LogP contribution is 2.46. The average molecular weight is 409 g/mol. The molecule has 2 aliphatic heterocycles. The fraction of sp³-hybridized carbons (Fsp3) is 0.480. The molecule has 1 amide bonds. The van der Waals surface area contributed by atoms with Crippen LogP contribution >= 0.6 is 0 Å². The zero-order valence-corrected chi connectivity index (χ0v) is 17.9. The van der Waals surface area contributed by atoms with Crippen LogP contribution in [-0.4, -0.2) is 47.7 Å². The van der Waals surface area contributed by atoms with E-state index >= 15 is 0 Å². The summed E-state index contributed by atoms with van der Waals surface area (Å²) in [5, 5.41) is 13.3. The first-order valence-corrected chi connectivity index (χ1v) is 11.2. The Hall–Kier alpha value is -2.37. The highest BCUT2D eigenvalue weighted by atomic mass is 16.5. The third kappa shape index (κ3) is 4.23. The molecule has 2 aromatic rings. The van der Waals surface area contributed by atoms with Gasteiger partial charge in [-0.1, -0.05) is 38.1 Å². The molecular formula is C25H32N2O3. The molecular weight excluding hydrogens is 376 g/mol. The summed E-state index contributed by atoms with van der Waals surface area (Å²) < 4.78 is 6.23. The zero-order valence-electron chi connectivity index (χ0n) is 17.9.